The summed E-state index contributed by atoms with van der Waals surface area (Å²) in [6, 6.07) is 22.4. The molecule has 1 heterocycles. The summed E-state index contributed by atoms with van der Waals surface area (Å²) in [5, 5.41) is 21.4. The van der Waals surface area contributed by atoms with Gasteiger partial charge in [-0.3, -0.25) is 29.4 Å². The number of primary amides is 1. The van der Waals surface area contributed by atoms with E-state index in [-0.39, 0.29) is 110 Å². The maximum Gasteiger partial charge on any atom is 0.328 e. The van der Waals surface area contributed by atoms with Crippen LogP contribution in [0.4, 0.5) is 14.9 Å². The fraction of sp³-hybridized carbons (Fsp3) is 0.420. The van der Waals surface area contributed by atoms with Crippen LogP contribution in [-0.2, 0) is 23.8 Å². The molecule has 4 aromatic carbocycles. The molecule has 4 aromatic rings. The molecule has 17 nitrogen and oxygen atoms in total. The van der Waals surface area contributed by atoms with Gasteiger partial charge in [0.2, 0.25) is 17.7 Å². The summed E-state index contributed by atoms with van der Waals surface area (Å²) in [6.07, 6.45) is 3.70. The zero-order valence-corrected chi connectivity index (χ0v) is 39.3. The van der Waals surface area contributed by atoms with E-state index in [1.165, 1.54) is 24.1 Å². The Morgan fingerprint density at radius 1 is 0.855 bits per heavy atom. The van der Waals surface area contributed by atoms with Crippen molar-refractivity contribution in [3.05, 3.63) is 112 Å². The van der Waals surface area contributed by atoms with Crippen LogP contribution in [0.2, 0.25) is 5.02 Å². The van der Waals surface area contributed by atoms with Crippen molar-refractivity contribution in [1.82, 2.24) is 21.3 Å². The van der Waals surface area contributed by atoms with Crippen LogP contribution in [0.5, 0.6) is 11.5 Å². The molecule has 19 heteroatoms. The lowest BCUT2D eigenvalue weighted by molar-refractivity contribution is -0.123. The van der Waals surface area contributed by atoms with Gasteiger partial charge in [-0.1, -0.05) is 48.0 Å². The number of hydrogen-bond acceptors (Lipinski definition) is 12. The molecule has 370 valence electrons. The number of nitrogens with two attached hydrogens (primary N) is 1. The fourth-order valence-electron chi connectivity index (χ4n) is 8.27. The van der Waals surface area contributed by atoms with Crippen molar-refractivity contribution >= 4 is 46.9 Å². The number of carbonyl (C=O) groups excluding carboxylic acids is 5. The van der Waals surface area contributed by atoms with E-state index in [1.54, 1.807) is 30.3 Å². The fourth-order valence-corrected chi connectivity index (χ4v) is 8.48. The van der Waals surface area contributed by atoms with E-state index in [1.807, 2.05) is 36.4 Å². The number of aliphatic hydroxyl groups excluding tert-OH is 1. The lowest BCUT2D eigenvalue weighted by atomic mass is 9.87. The quantitative estimate of drug-likeness (QED) is 0.0453. The number of benzene rings is 4. The Bertz CT molecular complexity index is 2390. The first kappa shape index (κ1) is 52.2. The van der Waals surface area contributed by atoms with Gasteiger partial charge in [0, 0.05) is 72.2 Å². The Morgan fingerprint density at radius 2 is 1.55 bits per heavy atom. The van der Waals surface area contributed by atoms with Crippen LogP contribution in [0.15, 0.2) is 78.9 Å². The molecule has 0 aromatic heterocycles. The average molecular weight is 976 g/mol. The summed E-state index contributed by atoms with van der Waals surface area (Å²) in [7, 11) is 1.46. The summed E-state index contributed by atoms with van der Waals surface area (Å²) < 4.78 is 43.4. The van der Waals surface area contributed by atoms with Crippen LogP contribution in [-0.4, -0.2) is 126 Å². The Hall–Kier alpha value is -6.15. The third-order valence-corrected chi connectivity index (χ3v) is 12.2. The van der Waals surface area contributed by atoms with Gasteiger partial charge >= 0.3 is 6.03 Å². The second kappa shape index (κ2) is 26.6. The molecular weight excluding hydrogens is 915 g/mol. The Kier molecular flexibility index (Phi) is 20.1. The number of methoxy groups -OCH3 is 1. The predicted octanol–water partition coefficient (Wildman–Crippen LogP) is 5.09. The Labute approximate surface area is 405 Å². The van der Waals surface area contributed by atoms with Crippen molar-refractivity contribution in [2.75, 3.05) is 84.5 Å². The van der Waals surface area contributed by atoms with Gasteiger partial charge < -0.3 is 50.5 Å². The molecule has 2 fully saturated rings. The second-order valence-electron chi connectivity index (χ2n) is 16.4. The van der Waals surface area contributed by atoms with E-state index in [0.717, 1.165) is 36.8 Å². The third kappa shape index (κ3) is 14.9. The van der Waals surface area contributed by atoms with Crippen molar-refractivity contribution in [1.29, 1.82) is 0 Å². The van der Waals surface area contributed by atoms with Crippen LogP contribution in [0, 0.1) is 5.82 Å². The maximum atomic E-state index is 16.0. The molecule has 0 bridgehead atoms. The molecule has 7 N–H and O–H groups in total. The number of ether oxygens (including phenoxy) is 5. The highest BCUT2D eigenvalue weighted by atomic mass is 35.5. The number of halogens is 2. The molecule has 0 radical (unpaired) electrons. The van der Waals surface area contributed by atoms with E-state index in [4.69, 9.17) is 41.0 Å². The molecule has 1 aliphatic heterocycles. The highest BCUT2D eigenvalue weighted by Crippen LogP contribution is 2.39. The number of urea groups is 1. The molecule has 0 spiro atoms. The number of amides is 6. The molecule has 69 heavy (non-hydrogen) atoms. The lowest BCUT2D eigenvalue weighted by Gasteiger charge is -2.31. The first-order chi connectivity index (χ1) is 33.5. The van der Waals surface area contributed by atoms with Gasteiger partial charge in [-0.05, 0) is 79.3 Å². The van der Waals surface area contributed by atoms with E-state index in [9.17, 15) is 29.1 Å². The maximum absolute atomic E-state index is 16.0. The second-order valence-corrected chi connectivity index (χ2v) is 16.9. The van der Waals surface area contributed by atoms with Crippen LogP contribution in [0.25, 0.3) is 11.1 Å². The van der Waals surface area contributed by atoms with Crippen LogP contribution in [0.3, 0.4) is 0 Å². The zero-order chi connectivity index (χ0) is 49.1. The first-order valence-corrected chi connectivity index (χ1v) is 23.4. The van der Waals surface area contributed by atoms with Gasteiger partial charge in [-0.15, -0.1) is 0 Å². The lowest BCUT2D eigenvalue weighted by Crippen LogP contribution is -2.49. The molecule has 1 atom stereocenters. The van der Waals surface area contributed by atoms with Gasteiger partial charge in [0.15, 0.2) is 11.6 Å². The van der Waals surface area contributed by atoms with Gasteiger partial charge in [-0.25, -0.2) is 9.18 Å². The standard InChI is InChI=1S/C50H60ClFN6O11/c1-65-42-15-8-34(30-41(42)58-20-17-44(60)57-50(58)64)49(63)54-19-23-67-26-28-68-27-25-66-22-18-45(61)56-36-11-9-35(10-12-36)55-31-39(32-5-3-2-4-6-32)33-7-14-40(51)38(29-33)46-37(48(53)62)13-16-43(47(46)52)69-24-21-59/h2-8,13-16,29-30,35-36,39,55,59H,9-12,17-28,31H2,1H3,(H2,53,62)(H,54,63)(H,56,61)(H,57,60,64). The minimum atomic E-state index is -0.820. The van der Waals surface area contributed by atoms with Gasteiger partial charge in [0.25, 0.3) is 5.91 Å². The average Bonchev–Trinajstić information content (AvgIpc) is 3.35. The summed E-state index contributed by atoms with van der Waals surface area (Å²) in [6.45, 7) is 2.33. The van der Waals surface area contributed by atoms with Gasteiger partial charge in [0.1, 0.15) is 12.4 Å². The molecule has 1 saturated carbocycles. The van der Waals surface area contributed by atoms with Crippen LogP contribution < -0.4 is 41.4 Å². The van der Waals surface area contributed by atoms with E-state index in [2.05, 4.69) is 21.3 Å². The van der Waals surface area contributed by atoms with Crippen molar-refractivity contribution in [3.63, 3.8) is 0 Å². The number of carbonyl (C=O) groups is 5. The third-order valence-electron chi connectivity index (χ3n) is 11.8. The van der Waals surface area contributed by atoms with Crippen LogP contribution >= 0.6 is 11.6 Å². The first-order valence-electron chi connectivity index (χ1n) is 23.0. The monoisotopic (exact) mass is 974 g/mol. The molecule has 2 aliphatic rings. The number of imide groups is 1. The minimum absolute atomic E-state index is 0.0461. The number of anilines is 1. The van der Waals surface area contributed by atoms with Crippen molar-refractivity contribution < 1.29 is 57.2 Å². The largest absolute Gasteiger partial charge is 0.495 e. The normalized spacial score (nSPS) is 16.4. The zero-order valence-electron chi connectivity index (χ0n) is 38.6. The summed E-state index contributed by atoms with van der Waals surface area (Å²) in [5.74, 6) is -2.30. The van der Waals surface area contributed by atoms with Crippen LogP contribution in [0.1, 0.15) is 76.3 Å². The SMILES string of the molecule is COc1ccc(C(=O)NCCOCCOCCOCCC(=O)NC2CCC(NCC(c3ccccc3)c3ccc(Cl)c(-c4c(C(N)=O)ccc(OCCO)c4F)c3)CC2)cc1N1CCC(=O)NC1=O. The topological polar surface area (TPSA) is 229 Å². The van der Waals surface area contributed by atoms with Crippen molar-refractivity contribution in [3.8, 4) is 22.6 Å². The molecule has 1 unspecified atom stereocenters. The number of nitrogens with one attached hydrogen (secondary N) is 4. The highest BCUT2D eigenvalue weighted by molar-refractivity contribution is 6.33. The number of aliphatic hydroxyl groups is 1. The Morgan fingerprint density at radius 3 is 2.25 bits per heavy atom. The molecule has 6 rings (SSSR count). The summed E-state index contributed by atoms with van der Waals surface area (Å²) >= 11 is 6.67. The molecular formula is C50H60ClFN6O11. The molecule has 1 aliphatic carbocycles. The summed E-state index contributed by atoms with van der Waals surface area (Å²) in [4.78, 5) is 63.2. The predicted molar refractivity (Wildman–Crippen MR) is 256 cm³/mol. The number of rotatable bonds is 26. The molecule has 1 saturated heterocycles. The number of nitrogens with zero attached hydrogens (tertiary/aromatic N) is 1. The summed E-state index contributed by atoms with van der Waals surface area (Å²) in [5.41, 5.74) is 8.44. The Balaban J connectivity index is 0.855. The molecule has 6 amide bonds. The smallest absolute Gasteiger partial charge is 0.328 e. The van der Waals surface area contributed by atoms with Gasteiger partial charge in [-0.2, -0.15) is 0 Å². The van der Waals surface area contributed by atoms with E-state index in [0.29, 0.717) is 55.5 Å². The minimum Gasteiger partial charge on any atom is -0.495 e. The number of hydrogen-bond donors (Lipinski definition) is 6. The van der Waals surface area contributed by atoms with E-state index < -0.39 is 17.8 Å². The van der Waals surface area contributed by atoms with Crippen molar-refractivity contribution in [2.24, 2.45) is 5.73 Å². The van der Waals surface area contributed by atoms with Gasteiger partial charge in [0.05, 0.1) is 64.6 Å². The van der Waals surface area contributed by atoms with E-state index >= 15 is 4.39 Å². The van der Waals surface area contributed by atoms with Crippen molar-refractivity contribution in [2.45, 2.75) is 56.5 Å². The highest BCUT2D eigenvalue weighted by Gasteiger charge is 2.29.